The molecule has 8 heavy (non-hydrogen) atoms. The van der Waals surface area contributed by atoms with Crippen molar-refractivity contribution in [3.05, 3.63) is 11.6 Å². The number of allylic oxidation sites excluding steroid dienone is 2. The molecule has 0 radical (unpaired) electrons. The largest absolute Gasteiger partial charge is 0.498 e. The number of hydrogen-bond acceptors (Lipinski definition) is 1. The zero-order valence-electron chi connectivity index (χ0n) is 5.49. The molecule has 0 bridgehead atoms. The highest BCUT2D eigenvalue weighted by atomic mass is 19.1. The third-order valence-electron chi connectivity index (χ3n) is 0.952. The summed E-state index contributed by atoms with van der Waals surface area (Å²) in [7, 11) is 1.47. The van der Waals surface area contributed by atoms with Gasteiger partial charge in [0.2, 0.25) is 0 Å². The van der Waals surface area contributed by atoms with Crippen LogP contribution in [-0.4, -0.2) is 7.11 Å². The molecule has 1 nitrogen and oxygen atoms in total. The van der Waals surface area contributed by atoms with E-state index < -0.39 is 0 Å². The maximum Gasteiger partial charge on any atom is 0.134 e. The van der Waals surface area contributed by atoms with Crippen molar-refractivity contribution in [1.29, 1.82) is 0 Å². The monoisotopic (exact) mass is 118 g/mol. The van der Waals surface area contributed by atoms with Crippen LogP contribution in [0.3, 0.4) is 0 Å². The molecule has 0 saturated heterocycles. The maximum atomic E-state index is 12.1. The number of methoxy groups -OCH3 is 1. The lowest BCUT2D eigenvalue weighted by Gasteiger charge is -2.00. The van der Waals surface area contributed by atoms with Gasteiger partial charge in [0.1, 0.15) is 11.6 Å². The molecule has 0 aromatic rings. The summed E-state index contributed by atoms with van der Waals surface area (Å²) in [6.45, 7) is 3.24. The summed E-state index contributed by atoms with van der Waals surface area (Å²) in [5.74, 6) is 0.208. The minimum absolute atomic E-state index is 0.227. The van der Waals surface area contributed by atoms with Gasteiger partial charge in [-0.25, -0.2) is 4.39 Å². The fourth-order valence-corrected chi connectivity index (χ4v) is 0.529. The first-order valence-electron chi connectivity index (χ1n) is 2.61. The Hall–Kier alpha value is -0.530. The van der Waals surface area contributed by atoms with Crippen LogP contribution in [-0.2, 0) is 4.74 Å². The van der Waals surface area contributed by atoms with Crippen LogP contribution >= 0.6 is 0 Å². The van der Waals surface area contributed by atoms with Crippen molar-refractivity contribution in [3.8, 4) is 0 Å². The van der Waals surface area contributed by atoms with Gasteiger partial charge >= 0.3 is 0 Å². The molecule has 0 heterocycles. The van der Waals surface area contributed by atoms with Crippen molar-refractivity contribution in [2.75, 3.05) is 7.11 Å². The lowest BCUT2D eigenvalue weighted by Crippen LogP contribution is -1.84. The standard InChI is InChI=1S/C6H11FO/c1-4-6(8-3)5(2)7/h4H2,1-3H3/b6-5-. The van der Waals surface area contributed by atoms with Crippen molar-refractivity contribution in [3.63, 3.8) is 0 Å². The Labute approximate surface area is 49.2 Å². The average molecular weight is 118 g/mol. The van der Waals surface area contributed by atoms with E-state index in [4.69, 9.17) is 0 Å². The molecule has 0 amide bonds. The van der Waals surface area contributed by atoms with E-state index in [0.29, 0.717) is 12.2 Å². The van der Waals surface area contributed by atoms with Gasteiger partial charge in [0.05, 0.1) is 7.11 Å². The smallest absolute Gasteiger partial charge is 0.134 e. The fourth-order valence-electron chi connectivity index (χ4n) is 0.529. The molecule has 0 rings (SSSR count). The van der Waals surface area contributed by atoms with Crippen molar-refractivity contribution < 1.29 is 9.13 Å². The molecule has 0 aromatic heterocycles. The van der Waals surface area contributed by atoms with E-state index in [1.807, 2.05) is 6.92 Å². The molecule has 0 unspecified atom stereocenters. The molecule has 0 spiro atoms. The number of rotatable bonds is 2. The van der Waals surface area contributed by atoms with Crippen LogP contribution in [0.25, 0.3) is 0 Å². The predicted molar refractivity (Wildman–Crippen MR) is 31.1 cm³/mol. The molecule has 0 aliphatic rings. The zero-order chi connectivity index (χ0) is 6.57. The Kier molecular flexibility index (Phi) is 3.24. The van der Waals surface area contributed by atoms with E-state index in [2.05, 4.69) is 4.74 Å². The predicted octanol–water partition coefficient (Wildman–Crippen LogP) is 2.24. The fraction of sp³-hybridized carbons (Fsp3) is 0.667. The normalized spacial score (nSPS) is 13.0. The molecule has 2 heteroatoms. The van der Waals surface area contributed by atoms with Crippen LogP contribution in [0.15, 0.2) is 11.6 Å². The summed E-state index contributed by atoms with van der Waals surface area (Å²) in [6, 6.07) is 0. The van der Waals surface area contributed by atoms with Gasteiger partial charge in [0.25, 0.3) is 0 Å². The van der Waals surface area contributed by atoms with E-state index >= 15 is 0 Å². The summed E-state index contributed by atoms with van der Waals surface area (Å²) in [6.07, 6.45) is 0.624. The molecule has 0 fully saturated rings. The maximum absolute atomic E-state index is 12.1. The van der Waals surface area contributed by atoms with Gasteiger partial charge in [-0.3, -0.25) is 0 Å². The van der Waals surface area contributed by atoms with Crippen LogP contribution in [0.1, 0.15) is 20.3 Å². The number of halogens is 1. The van der Waals surface area contributed by atoms with Gasteiger partial charge in [0, 0.05) is 6.42 Å². The first-order valence-corrected chi connectivity index (χ1v) is 2.61. The molecular weight excluding hydrogens is 107 g/mol. The summed E-state index contributed by atoms with van der Waals surface area (Å²) in [4.78, 5) is 0. The van der Waals surface area contributed by atoms with Gasteiger partial charge in [-0.1, -0.05) is 6.92 Å². The second-order valence-electron chi connectivity index (χ2n) is 1.51. The van der Waals surface area contributed by atoms with Gasteiger partial charge in [-0.2, -0.15) is 0 Å². The van der Waals surface area contributed by atoms with E-state index in [9.17, 15) is 4.39 Å². The Morgan fingerprint density at radius 2 is 2.12 bits per heavy atom. The number of ether oxygens (including phenoxy) is 1. The van der Waals surface area contributed by atoms with E-state index in [-0.39, 0.29) is 5.83 Å². The zero-order valence-corrected chi connectivity index (χ0v) is 5.49. The van der Waals surface area contributed by atoms with Crippen molar-refractivity contribution >= 4 is 0 Å². The summed E-state index contributed by atoms with van der Waals surface area (Å²) in [5, 5.41) is 0. The highest BCUT2D eigenvalue weighted by Crippen LogP contribution is 2.08. The van der Waals surface area contributed by atoms with Crippen LogP contribution in [0.4, 0.5) is 4.39 Å². The van der Waals surface area contributed by atoms with Crippen LogP contribution in [0.2, 0.25) is 0 Å². The lowest BCUT2D eigenvalue weighted by atomic mass is 10.3. The molecule has 0 aliphatic heterocycles. The van der Waals surface area contributed by atoms with Crippen LogP contribution in [0, 0.1) is 0 Å². The van der Waals surface area contributed by atoms with E-state index in [1.54, 1.807) is 0 Å². The molecule has 0 saturated carbocycles. The Morgan fingerprint density at radius 3 is 2.12 bits per heavy atom. The van der Waals surface area contributed by atoms with Crippen molar-refractivity contribution in [2.24, 2.45) is 0 Å². The third-order valence-corrected chi connectivity index (χ3v) is 0.952. The summed E-state index contributed by atoms with van der Waals surface area (Å²) in [5.41, 5.74) is 0. The second kappa shape index (κ2) is 3.47. The molecule has 0 aromatic carbocycles. The second-order valence-corrected chi connectivity index (χ2v) is 1.51. The SMILES string of the molecule is CC/C(OC)=C(\C)F. The third kappa shape index (κ3) is 1.96. The highest BCUT2D eigenvalue weighted by molar-refractivity contribution is 4.95. The van der Waals surface area contributed by atoms with Crippen molar-refractivity contribution in [1.82, 2.24) is 0 Å². The summed E-state index contributed by atoms with van der Waals surface area (Å²) < 4.78 is 16.8. The molecule has 0 N–H and O–H groups in total. The minimum atomic E-state index is -0.227. The van der Waals surface area contributed by atoms with Gasteiger partial charge in [-0.05, 0) is 6.92 Å². The molecule has 0 atom stereocenters. The van der Waals surface area contributed by atoms with Crippen LogP contribution < -0.4 is 0 Å². The first kappa shape index (κ1) is 7.47. The quantitative estimate of drug-likeness (QED) is 0.505. The van der Waals surface area contributed by atoms with Crippen LogP contribution in [0.5, 0.6) is 0 Å². The van der Waals surface area contributed by atoms with Crippen molar-refractivity contribution in [2.45, 2.75) is 20.3 Å². The average Bonchev–Trinajstić information content (AvgIpc) is 1.69. The summed E-state index contributed by atoms with van der Waals surface area (Å²) >= 11 is 0. The number of hydrogen-bond donors (Lipinski definition) is 0. The topological polar surface area (TPSA) is 9.23 Å². The highest BCUT2D eigenvalue weighted by Gasteiger charge is 1.95. The Balaban J connectivity index is 3.86. The molecule has 0 aliphatic carbocycles. The van der Waals surface area contributed by atoms with Gasteiger partial charge in [0.15, 0.2) is 0 Å². The Morgan fingerprint density at radius 1 is 1.62 bits per heavy atom. The van der Waals surface area contributed by atoms with Gasteiger partial charge < -0.3 is 4.74 Å². The van der Waals surface area contributed by atoms with E-state index in [0.717, 1.165) is 0 Å². The first-order chi connectivity index (χ1) is 3.72. The molecule has 48 valence electrons. The molecular formula is C6H11FO. The Bertz CT molecular complexity index is 86.7. The van der Waals surface area contributed by atoms with Gasteiger partial charge in [-0.15, -0.1) is 0 Å². The lowest BCUT2D eigenvalue weighted by molar-refractivity contribution is 0.264. The van der Waals surface area contributed by atoms with E-state index in [1.165, 1.54) is 14.0 Å². The minimum Gasteiger partial charge on any atom is -0.498 e.